The van der Waals surface area contributed by atoms with Crippen molar-refractivity contribution in [3.8, 4) is 5.75 Å². The second-order valence-corrected chi connectivity index (χ2v) is 9.90. The van der Waals surface area contributed by atoms with E-state index >= 15 is 0 Å². The van der Waals surface area contributed by atoms with Gasteiger partial charge in [-0.3, -0.25) is 5.32 Å². The number of amides is 1. The van der Waals surface area contributed by atoms with Gasteiger partial charge < -0.3 is 19.3 Å². The first-order chi connectivity index (χ1) is 19.4. The monoisotopic (exact) mass is 549 g/mol. The quantitative estimate of drug-likeness (QED) is 0.159. The molecule has 0 aromatic heterocycles. The van der Waals surface area contributed by atoms with E-state index in [4.69, 9.17) is 14.2 Å². The zero-order valence-electron chi connectivity index (χ0n) is 23.2. The molecular formula is C32H39NO7. The zero-order chi connectivity index (χ0) is 28.7. The van der Waals surface area contributed by atoms with E-state index in [0.29, 0.717) is 30.6 Å². The Kier molecular flexibility index (Phi) is 12.3. The Morgan fingerprint density at radius 3 is 2.67 bits per heavy atom. The molecule has 1 heterocycles. The van der Waals surface area contributed by atoms with Crippen LogP contribution in [-0.2, 0) is 20.6 Å². The molecule has 0 fully saturated rings. The number of phenols is 1. The van der Waals surface area contributed by atoms with Gasteiger partial charge in [0.1, 0.15) is 23.5 Å². The average Bonchev–Trinajstić information content (AvgIpc) is 2.95. The van der Waals surface area contributed by atoms with Gasteiger partial charge in [-0.1, -0.05) is 75.2 Å². The maximum absolute atomic E-state index is 13.3. The van der Waals surface area contributed by atoms with E-state index in [0.717, 1.165) is 19.3 Å². The molecule has 0 saturated carbocycles. The molecule has 1 aliphatic rings. The fraction of sp³-hybridized carbons (Fsp3) is 0.406. The maximum atomic E-state index is 13.3. The van der Waals surface area contributed by atoms with Crippen molar-refractivity contribution >= 4 is 18.0 Å². The average molecular weight is 550 g/mol. The van der Waals surface area contributed by atoms with Gasteiger partial charge in [-0.2, -0.15) is 0 Å². The van der Waals surface area contributed by atoms with Gasteiger partial charge in [-0.05, 0) is 48.9 Å². The summed E-state index contributed by atoms with van der Waals surface area (Å²) < 4.78 is 17.0. The number of phenolic OH excluding ortho intramolecular Hbond substituents is 1. The summed E-state index contributed by atoms with van der Waals surface area (Å²) in [4.78, 5) is 38.1. The number of benzene rings is 2. The second kappa shape index (κ2) is 16.1. The molecule has 3 rings (SSSR count). The smallest absolute Gasteiger partial charge is 0.411 e. The van der Waals surface area contributed by atoms with Crippen molar-refractivity contribution in [2.75, 3.05) is 6.61 Å². The molecule has 1 unspecified atom stereocenters. The number of alkyl carbamates (subject to hydrolysis) is 1. The van der Waals surface area contributed by atoms with Crippen LogP contribution in [-0.4, -0.2) is 42.0 Å². The number of esters is 2. The fourth-order valence-corrected chi connectivity index (χ4v) is 4.41. The Balaban J connectivity index is 1.78. The van der Waals surface area contributed by atoms with Crippen LogP contribution in [0.4, 0.5) is 4.79 Å². The summed E-state index contributed by atoms with van der Waals surface area (Å²) in [6.45, 7) is 4.41. The van der Waals surface area contributed by atoms with E-state index in [1.807, 2.05) is 25.1 Å². The van der Waals surface area contributed by atoms with Crippen LogP contribution in [0.2, 0.25) is 0 Å². The Bertz CT molecular complexity index is 1180. The first kappa shape index (κ1) is 30.5. The van der Waals surface area contributed by atoms with E-state index in [2.05, 4.69) is 12.2 Å². The summed E-state index contributed by atoms with van der Waals surface area (Å²) in [6, 6.07) is 13.7. The van der Waals surface area contributed by atoms with Crippen LogP contribution in [0, 0.1) is 5.92 Å². The van der Waals surface area contributed by atoms with E-state index in [9.17, 15) is 19.5 Å². The SMILES string of the molecule is CCCCCOC(=O)N/C=C/CC1C[C@@H](OC(=O)c2ccccc2)[C@@H](C)C/C=C/Cc2cccc(O)c2C(=O)O1. The number of cyclic esters (lactones) is 1. The minimum Gasteiger partial charge on any atom is -0.507 e. The van der Waals surface area contributed by atoms with Gasteiger partial charge in [-0.15, -0.1) is 0 Å². The molecule has 40 heavy (non-hydrogen) atoms. The minimum absolute atomic E-state index is 0.0617. The van der Waals surface area contributed by atoms with Gasteiger partial charge in [-0.25, -0.2) is 14.4 Å². The van der Waals surface area contributed by atoms with Gasteiger partial charge in [0, 0.05) is 19.0 Å². The Morgan fingerprint density at radius 2 is 1.90 bits per heavy atom. The van der Waals surface area contributed by atoms with Crippen molar-refractivity contribution < 1.29 is 33.7 Å². The van der Waals surface area contributed by atoms with Crippen LogP contribution in [0.3, 0.4) is 0 Å². The molecule has 1 aliphatic heterocycles. The third kappa shape index (κ3) is 9.59. The molecule has 8 nitrogen and oxygen atoms in total. The van der Waals surface area contributed by atoms with Crippen LogP contribution >= 0.6 is 0 Å². The molecule has 0 spiro atoms. The Morgan fingerprint density at radius 1 is 1.10 bits per heavy atom. The number of aromatic hydroxyl groups is 1. The number of hydrogen-bond acceptors (Lipinski definition) is 7. The van der Waals surface area contributed by atoms with Gasteiger partial charge in [0.15, 0.2) is 0 Å². The lowest BCUT2D eigenvalue weighted by molar-refractivity contribution is -0.0129. The largest absolute Gasteiger partial charge is 0.507 e. The summed E-state index contributed by atoms with van der Waals surface area (Å²) in [7, 11) is 0. The van der Waals surface area contributed by atoms with Gasteiger partial charge >= 0.3 is 18.0 Å². The summed E-state index contributed by atoms with van der Waals surface area (Å²) >= 11 is 0. The summed E-state index contributed by atoms with van der Waals surface area (Å²) in [5.74, 6) is -1.34. The number of hydrogen-bond donors (Lipinski definition) is 2. The molecule has 2 aromatic carbocycles. The molecule has 3 atom stereocenters. The lowest BCUT2D eigenvalue weighted by Crippen LogP contribution is -2.32. The third-order valence-electron chi connectivity index (χ3n) is 6.72. The van der Waals surface area contributed by atoms with Gasteiger partial charge in [0.05, 0.1) is 12.2 Å². The minimum atomic E-state index is -0.696. The van der Waals surface area contributed by atoms with Crippen LogP contribution in [0.15, 0.2) is 73.0 Å². The molecular weight excluding hydrogens is 510 g/mol. The number of ether oxygens (including phenoxy) is 3. The van der Waals surface area contributed by atoms with Crippen LogP contribution < -0.4 is 5.32 Å². The number of carbonyl (C=O) groups excluding carboxylic acids is 3. The normalized spacial score (nSPS) is 20.4. The molecule has 0 aliphatic carbocycles. The van der Waals surface area contributed by atoms with Crippen molar-refractivity contribution in [3.63, 3.8) is 0 Å². The highest BCUT2D eigenvalue weighted by Crippen LogP contribution is 2.28. The summed E-state index contributed by atoms with van der Waals surface area (Å²) in [6.07, 6.45) is 9.63. The van der Waals surface area contributed by atoms with E-state index in [1.165, 1.54) is 12.3 Å². The van der Waals surface area contributed by atoms with Crippen molar-refractivity contribution in [3.05, 3.63) is 89.6 Å². The summed E-state index contributed by atoms with van der Waals surface area (Å²) in [5, 5.41) is 13.0. The standard InChI is InChI=1S/C32H39NO7/c1-3-4-10-21-38-32(37)33-20-12-18-26-22-28(40-30(35)25-15-6-5-7-16-25)23(2)13-8-9-14-24-17-11-19-27(34)29(24)31(36)39-26/h5-9,11-12,15-17,19-20,23,26,28,34H,3-4,10,13-14,18,21-22H2,1-2H3,(H,33,37)/b9-8+,20-12+/t23-,26?,28+/m0/s1. The molecule has 0 radical (unpaired) electrons. The first-order valence-corrected chi connectivity index (χ1v) is 13.9. The van der Waals surface area contributed by atoms with Gasteiger partial charge in [0.25, 0.3) is 0 Å². The highest BCUT2D eigenvalue weighted by atomic mass is 16.6. The predicted molar refractivity (Wildman–Crippen MR) is 152 cm³/mol. The van der Waals surface area contributed by atoms with Crippen molar-refractivity contribution in [1.29, 1.82) is 0 Å². The highest BCUT2D eigenvalue weighted by Gasteiger charge is 2.29. The number of carbonyl (C=O) groups is 3. The lowest BCUT2D eigenvalue weighted by atomic mass is 9.93. The molecule has 8 heteroatoms. The fourth-order valence-electron chi connectivity index (χ4n) is 4.41. The molecule has 2 N–H and O–H groups in total. The molecule has 0 bridgehead atoms. The highest BCUT2D eigenvalue weighted by molar-refractivity contribution is 5.94. The molecule has 1 amide bonds. The van der Waals surface area contributed by atoms with Crippen LogP contribution in [0.1, 0.15) is 78.7 Å². The Labute approximate surface area is 236 Å². The van der Waals surface area contributed by atoms with E-state index in [-0.39, 0.29) is 30.1 Å². The maximum Gasteiger partial charge on any atom is 0.411 e. The van der Waals surface area contributed by atoms with Crippen molar-refractivity contribution in [2.45, 2.75) is 71.0 Å². The number of rotatable bonds is 9. The van der Waals surface area contributed by atoms with Gasteiger partial charge in [0.2, 0.25) is 0 Å². The van der Waals surface area contributed by atoms with E-state index < -0.39 is 30.2 Å². The second-order valence-electron chi connectivity index (χ2n) is 9.90. The van der Waals surface area contributed by atoms with E-state index in [1.54, 1.807) is 42.5 Å². The number of fused-ring (bicyclic) bond motifs is 1. The molecule has 214 valence electrons. The number of allylic oxidation sites excluding steroid dienone is 2. The van der Waals surface area contributed by atoms with Crippen molar-refractivity contribution in [1.82, 2.24) is 5.32 Å². The lowest BCUT2D eigenvalue weighted by Gasteiger charge is -2.28. The molecule has 0 saturated heterocycles. The molecule has 2 aromatic rings. The third-order valence-corrected chi connectivity index (χ3v) is 6.72. The van der Waals surface area contributed by atoms with Crippen LogP contribution in [0.5, 0.6) is 5.75 Å². The predicted octanol–water partition coefficient (Wildman–Crippen LogP) is 6.49. The topological polar surface area (TPSA) is 111 Å². The number of unbranched alkanes of at least 4 members (excludes halogenated alkanes) is 2. The Hall–Kier alpha value is -4.07. The first-order valence-electron chi connectivity index (χ1n) is 13.9. The van der Waals surface area contributed by atoms with Crippen molar-refractivity contribution in [2.24, 2.45) is 5.92 Å². The van der Waals surface area contributed by atoms with Crippen LogP contribution in [0.25, 0.3) is 0 Å². The number of nitrogens with one attached hydrogen (secondary N) is 1. The zero-order valence-corrected chi connectivity index (χ0v) is 23.2. The summed E-state index contributed by atoms with van der Waals surface area (Å²) in [5.41, 5.74) is 1.20.